The number of amides is 1. The van der Waals surface area contributed by atoms with E-state index in [0.29, 0.717) is 11.6 Å². The molecule has 0 spiro atoms. The molecule has 0 radical (unpaired) electrons. The molecule has 1 saturated carbocycles. The molecule has 1 aromatic carbocycles. The van der Waals surface area contributed by atoms with Crippen LogP contribution >= 0.6 is 22.7 Å². The maximum atomic E-state index is 12.9. The van der Waals surface area contributed by atoms with Gasteiger partial charge in [0.15, 0.2) is 5.13 Å². The van der Waals surface area contributed by atoms with Gasteiger partial charge in [-0.2, -0.15) is 0 Å². The maximum Gasteiger partial charge on any atom is 0.232 e. The average Bonchev–Trinajstić information content (AvgIpc) is 2.90. The molecular weight excluding hydrogens is 321 g/mol. The van der Waals surface area contributed by atoms with Crippen LogP contribution in [0.3, 0.4) is 0 Å². The van der Waals surface area contributed by atoms with Crippen molar-refractivity contribution in [3.63, 3.8) is 0 Å². The summed E-state index contributed by atoms with van der Waals surface area (Å²) in [5, 5.41) is 3.22. The number of aromatic nitrogens is 2. The van der Waals surface area contributed by atoms with Crippen molar-refractivity contribution in [2.45, 2.75) is 19.5 Å². The molecule has 1 aliphatic rings. The van der Waals surface area contributed by atoms with Crippen LogP contribution in [0.1, 0.15) is 11.3 Å². The Balaban J connectivity index is 1.63. The Kier molecular flexibility index (Phi) is 3.19. The third-order valence-corrected chi connectivity index (χ3v) is 5.38. The Morgan fingerprint density at radius 2 is 2.27 bits per heavy atom. The molecule has 2 atom stereocenters. The van der Waals surface area contributed by atoms with Crippen LogP contribution in [0.2, 0.25) is 0 Å². The van der Waals surface area contributed by atoms with Crippen LogP contribution in [0.5, 0.6) is 0 Å². The number of carbonyl (C=O) groups excluding carboxylic acids is 1. The highest BCUT2D eigenvalue weighted by Gasteiger charge is 2.43. The predicted octanol–water partition coefficient (Wildman–Crippen LogP) is 4.02. The zero-order valence-electron chi connectivity index (χ0n) is 11.7. The Morgan fingerprint density at radius 3 is 2.95 bits per heavy atom. The van der Waals surface area contributed by atoms with E-state index in [0.717, 1.165) is 21.5 Å². The third kappa shape index (κ3) is 2.40. The number of rotatable bonds is 3. The lowest BCUT2D eigenvalue weighted by atomic mass is 10.1. The van der Waals surface area contributed by atoms with Gasteiger partial charge < -0.3 is 5.32 Å². The van der Waals surface area contributed by atoms with Gasteiger partial charge in [0.2, 0.25) is 5.91 Å². The lowest BCUT2D eigenvalue weighted by Gasteiger charge is -1.98. The van der Waals surface area contributed by atoms with Gasteiger partial charge in [0.1, 0.15) is 6.17 Å². The minimum Gasteiger partial charge on any atom is -0.302 e. The van der Waals surface area contributed by atoms with E-state index in [9.17, 15) is 9.18 Å². The third-order valence-electron chi connectivity index (χ3n) is 3.69. The van der Waals surface area contributed by atoms with Gasteiger partial charge in [-0.15, -0.1) is 11.3 Å². The topological polar surface area (TPSA) is 54.9 Å². The highest BCUT2D eigenvalue weighted by Crippen LogP contribution is 2.36. The molecule has 0 saturated heterocycles. The first-order valence-corrected chi connectivity index (χ1v) is 8.57. The van der Waals surface area contributed by atoms with Crippen LogP contribution < -0.4 is 5.32 Å². The largest absolute Gasteiger partial charge is 0.302 e. The molecule has 112 valence electrons. The van der Waals surface area contributed by atoms with Crippen molar-refractivity contribution < 1.29 is 9.18 Å². The number of hydrogen-bond donors (Lipinski definition) is 1. The van der Waals surface area contributed by atoms with Crippen LogP contribution in [0.15, 0.2) is 23.7 Å². The zero-order chi connectivity index (χ0) is 15.3. The molecule has 1 N–H and O–H groups in total. The first-order valence-electron chi connectivity index (χ1n) is 6.88. The van der Waals surface area contributed by atoms with Crippen LogP contribution in [0, 0.1) is 12.8 Å². The fraction of sp³-hybridized carbons (Fsp3) is 0.267. The second-order valence-electron chi connectivity index (χ2n) is 5.31. The van der Waals surface area contributed by atoms with E-state index < -0.39 is 12.1 Å². The van der Waals surface area contributed by atoms with Crippen LogP contribution in [0.4, 0.5) is 9.52 Å². The van der Waals surface area contributed by atoms with Crippen molar-refractivity contribution in [3.8, 4) is 11.3 Å². The summed E-state index contributed by atoms with van der Waals surface area (Å²) in [7, 11) is 0. The molecule has 2 aromatic heterocycles. The van der Waals surface area contributed by atoms with Crippen molar-refractivity contribution >= 4 is 43.9 Å². The first kappa shape index (κ1) is 13.8. The van der Waals surface area contributed by atoms with Crippen LogP contribution in [-0.4, -0.2) is 22.0 Å². The number of thiazole rings is 2. The summed E-state index contributed by atoms with van der Waals surface area (Å²) in [6.45, 7) is 2.04. The Hall–Kier alpha value is -1.86. The normalized spacial score (nSPS) is 20.3. The Bertz CT molecular complexity index is 873. The van der Waals surface area contributed by atoms with E-state index in [1.54, 1.807) is 11.3 Å². The molecule has 2 heterocycles. The van der Waals surface area contributed by atoms with Gasteiger partial charge in [0.05, 0.1) is 27.3 Å². The van der Waals surface area contributed by atoms with Gasteiger partial charge in [-0.25, -0.2) is 14.4 Å². The number of carbonyl (C=O) groups is 1. The number of nitrogens with zero attached hydrogens (tertiary/aromatic N) is 2. The quantitative estimate of drug-likeness (QED) is 0.787. The van der Waals surface area contributed by atoms with Gasteiger partial charge in [0.25, 0.3) is 0 Å². The summed E-state index contributed by atoms with van der Waals surface area (Å²) in [6.07, 6.45) is -0.669. The second-order valence-corrected chi connectivity index (χ2v) is 7.40. The highest BCUT2D eigenvalue weighted by molar-refractivity contribution is 7.22. The van der Waals surface area contributed by atoms with E-state index in [1.807, 2.05) is 30.6 Å². The molecule has 22 heavy (non-hydrogen) atoms. The maximum absolute atomic E-state index is 12.9. The van der Waals surface area contributed by atoms with Gasteiger partial charge in [-0.3, -0.25) is 4.79 Å². The molecule has 0 aliphatic heterocycles. The molecule has 0 unspecified atom stereocenters. The first-order chi connectivity index (χ1) is 10.6. The van der Waals surface area contributed by atoms with Crippen LogP contribution in [-0.2, 0) is 4.79 Å². The summed E-state index contributed by atoms with van der Waals surface area (Å²) in [5.41, 5.74) is 4.67. The molecule has 7 heteroatoms. The molecular formula is C15H12FN3OS2. The number of aryl methyl sites for hydroxylation is 1. The van der Waals surface area contributed by atoms with Crippen molar-refractivity contribution in [2.24, 2.45) is 5.92 Å². The standard InChI is InChI=1S/C15H12FN3OS2/c1-7-13(17-6-21-7)8-2-3-11-12(4-8)22-15(18-11)19-14(20)9-5-10(9)16/h2-4,6,9-10H,5H2,1H3,(H,18,19,20)/t9-,10+/m1/s1. The minimum absolute atomic E-state index is 0.276. The number of halogens is 1. The van der Waals surface area contributed by atoms with Gasteiger partial charge in [0, 0.05) is 10.4 Å². The number of hydrogen-bond acceptors (Lipinski definition) is 5. The zero-order valence-corrected chi connectivity index (χ0v) is 13.3. The molecule has 4 nitrogen and oxygen atoms in total. The Morgan fingerprint density at radius 1 is 1.45 bits per heavy atom. The van der Waals surface area contributed by atoms with Crippen LogP contribution in [0.25, 0.3) is 21.5 Å². The second kappa shape index (κ2) is 5.10. The lowest BCUT2D eigenvalue weighted by Crippen LogP contribution is -2.14. The number of nitrogens with one attached hydrogen (secondary N) is 1. The summed E-state index contributed by atoms with van der Waals surface area (Å²) in [5.74, 6) is -0.776. The molecule has 1 amide bonds. The smallest absolute Gasteiger partial charge is 0.232 e. The number of benzene rings is 1. The van der Waals surface area contributed by atoms with Crippen molar-refractivity contribution in [2.75, 3.05) is 5.32 Å². The van der Waals surface area contributed by atoms with Gasteiger partial charge in [-0.1, -0.05) is 17.4 Å². The van der Waals surface area contributed by atoms with Crippen molar-refractivity contribution in [1.29, 1.82) is 0 Å². The molecule has 4 rings (SSSR count). The van der Waals surface area contributed by atoms with E-state index in [1.165, 1.54) is 16.2 Å². The van der Waals surface area contributed by atoms with E-state index in [-0.39, 0.29) is 5.91 Å². The molecule has 0 bridgehead atoms. The van der Waals surface area contributed by atoms with Crippen molar-refractivity contribution in [1.82, 2.24) is 9.97 Å². The van der Waals surface area contributed by atoms with E-state index >= 15 is 0 Å². The summed E-state index contributed by atoms with van der Waals surface area (Å²) in [4.78, 5) is 21.7. The Labute approximate surface area is 134 Å². The summed E-state index contributed by atoms with van der Waals surface area (Å²) < 4.78 is 13.9. The number of fused-ring (bicyclic) bond motifs is 1. The SMILES string of the molecule is Cc1scnc1-c1ccc2nc(NC(=O)[C@@H]3C[C@@H]3F)sc2c1. The highest BCUT2D eigenvalue weighted by atomic mass is 32.1. The van der Waals surface area contributed by atoms with Crippen molar-refractivity contribution in [3.05, 3.63) is 28.6 Å². The van der Waals surface area contributed by atoms with Gasteiger partial charge in [-0.05, 0) is 25.5 Å². The fourth-order valence-electron chi connectivity index (χ4n) is 2.34. The monoisotopic (exact) mass is 333 g/mol. The lowest BCUT2D eigenvalue weighted by molar-refractivity contribution is -0.117. The molecule has 3 aromatic rings. The van der Waals surface area contributed by atoms with Gasteiger partial charge >= 0.3 is 0 Å². The summed E-state index contributed by atoms with van der Waals surface area (Å²) >= 11 is 3.01. The molecule has 1 aliphatic carbocycles. The predicted molar refractivity (Wildman–Crippen MR) is 87.1 cm³/mol. The average molecular weight is 333 g/mol. The fourth-order valence-corrected chi connectivity index (χ4v) is 3.85. The minimum atomic E-state index is -0.992. The van der Waals surface area contributed by atoms with E-state index in [4.69, 9.17) is 0 Å². The molecule has 1 fully saturated rings. The van der Waals surface area contributed by atoms with E-state index in [2.05, 4.69) is 15.3 Å². The number of alkyl halides is 1. The number of anilines is 1. The summed E-state index contributed by atoms with van der Waals surface area (Å²) in [6, 6.07) is 5.93.